The Morgan fingerprint density at radius 3 is 2.38 bits per heavy atom. The lowest BCUT2D eigenvalue weighted by atomic mass is 10.3. The molecule has 0 N–H and O–H groups in total. The summed E-state index contributed by atoms with van der Waals surface area (Å²) in [4.78, 5) is 21.5. The summed E-state index contributed by atoms with van der Waals surface area (Å²) in [6, 6.07) is 11.4. The van der Waals surface area contributed by atoms with Gasteiger partial charge in [0.05, 0.1) is 21.7 Å². The van der Waals surface area contributed by atoms with Crippen molar-refractivity contribution in [2.24, 2.45) is 0 Å². The number of thiazole rings is 1. The molecule has 10 heteroatoms. The molecule has 0 saturated heterocycles. The van der Waals surface area contributed by atoms with E-state index in [1.165, 1.54) is 35.5 Å². The molecule has 7 nitrogen and oxygen atoms in total. The molecular weight excluding hydrogens is 470 g/mol. The van der Waals surface area contributed by atoms with E-state index >= 15 is 0 Å². The molecule has 172 valence electrons. The molecule has 0 atom stereocenters. The van der Waals surface area contributed by atoms with Crippen LogP contribution in [0.3, 0.4) is 0 Å². The van der Waals surface area contributed by atoms with Gasteiger partial charge in [0.2, 0.25) is 5.91 Å². The van der Waals surface area contributed by atoms with Crippen LogP contribution in [-0.4, -0.2) is 63.3 Å². The molecule has 0 unspecified atom stereocenters. The van der Waals surface area contributed by atoms with Crippen molar-refractivity contribution in [1.29, 1.82) is 0 Å². The Hall–Kier alpha value is -2.20. The Balaban J connectivity index is 1.90. The van der Waals surface area contributed by atoms with Gasteiger partial charge in [0, 0.05) is 13.1 Å². The molecule has 0 aliphatic carbocycles. The Morgan fingerprint density at radius 2 is 1.78 bits per heavy atom. The van der Waals surface area contributed by atoms with Gasteiger partial charge in [-0.05, 0) is 49.5 Å². The largest absolute Gasteiger partial charge is 0.497 e. The monoisotopic (exact) mass is 495 g/mol. The van der Waals surface area contributed by atoms with Gasteiger partial charge in [-0.25, -0.2) is 13.4 Å². The number of benzene rings is 2. The molecule has 2 aromatic carbocycles. The Labute approximate surface area is 197 Å². The summed E-state index contributed by atoms with van der Waals surface area (Å²) < 4.78 is 31.8. The number of ether oxygens (including phenoxy) is 1. The summed E-state index contributed by atoms with van der Waals surface area (Å²) in [5.74, 6) is -0.632. The normalized spacial score (nSPS) is 11.8. The number of likely N-dealkylation sites (N-methyl/N-ethyl adjacent to an activating group) is 1. The maximum Gasteiger partial charge on any atom is 0.244 e. The van der Waals surface area contributed by atoms with Crippen LogP contribution in [0.4, 0.5) is 5.13 Å². The maximum atomic E-state index is 13.2. The minimum absolute atomic E-state index is 0.0719. The van der Waals surface area contributed by atoms with Crippen molar-refractivity contribution < 1.29 is 17.9 Å². The highest BCUT2D eigenvalue weighted by Gasteiger charge is 2.27. The molecular formula is C22H26ClN3O4S2. The number of hydrogen-bond acceptors (Lipinski definition) is 7. The number of fused-ring (bicyclic) bond motifs is 1. The number of methoxy groups -OCH3 is 1. The van der Waals surface area contributed by atoms with Crippen molar-refractivity contribution in [3.8, 4) is 5.75 Å². The van der Waals surface area contributed by atoms with E-state index in [9.17, 15) is 13.2 Å². The van der Waals surface area contributed by atoms with Crippen LogP contribution in [0.15, 0.2) is 47.4 Å². The lowest BCUT2D eigenvalue weighted by molar-refractivity contribution is -0.116. The van der Waals surface area contributed by atoms with Crippen molar-refractivity contribution >= 4 is 54.0 Å². The number of para-hydroxylation sites is 1. The molecule has 32 heavy (non-hydrogen) atoms. The van der Waals surface area contributed by atoms with Crippen LogP contribution in [0.5, 0.6) is 5.75 Å². The highest BCUT2D eigenvalue weighted by atomic mass is 35.5. The van der Waals surface area contributed by atoms with Crippen LogP contribution < -0.4 is 9.64 Å². The average molecular weight is 496 g/mol. The van der Waals surface area contributed by atoms with Gasteiger partial charge in [-0.3, -0.25) is 9.69 Å². The summed E-state index contributed by atoms with van der Waals surface area (Å²) in [5, 5.41) is 0.933. The fourth-order valence-electron chi connectivity index (χ4n) is 3.23. The third kappa shape index (κ3) is 5.58. The number of hydrogen-bond donors (Lipinski definition) is 0. The third-order valence-corrected chi connectivity index (χ3v) is 8.12. The topological polar surface area (TPSA) is 79.8 Å². The summed E-state index contributed by atoms with van der Waals surface area (Å²) in [7, 11) is -2.33. The summed E-state index contributed by atoms with van der Waals surface area (Å²) >= 11 is 7.59. The summed E-state index contributed by atoms with van der Waals surface area (Å²) in [6.45, 7) is 6.67. The first-order valence-corrected chi connectivity index (χ1v) is 13.1. The molecule has 1 aromatic heterocycles. The van der Waals surface area contributed by atoms with Gasteiger partial charge in [0.25, 0.3) is 0 Å². The number of anilines is 1. The van der Waals surface area contributed by atoms with Crippen molar-refractivity contribution in [1.82, 2.24) is 9.88 Å². The number of sulfone groups is 1. The van der Waals surface area contributed by atoms with E-state index in [1.807, 2.05) is 26.0 Å². The van der Waals surface area contributed by atoms with E-state index in [-0.39, 0.29) is 4.90 Å². The first kappa shape index (κ1) is 24.4. The molecule has 3 aromatic rings. The van der Waals surface area contributed by atoms with E-state index in [4.69, 9.17) is 16.3 Å². The van der Waals surface area contributed by atoms with Gasteiger partial charge in [0.1, 0.15) is 17.0 Å². The highest BCUT2D eigenvalue weighted by Crippen LogP contribution is 2.33. The van der Waals surface area contributed by atoms with E-state index in [0.29, 0.717) is 34.5 Å². The number of carbonyl (C=O) groups is 1. The van der Waals surface area contributed by atoms with E-state index < -0.39 is 21.5 Å². The lowest BCUT2D eigenvalue weighted by Crippen LogP contribution is -2.41. The molecule has 0 fully saturated rings. The first-order valence-electron chi connectivity index (χ1n) is 10.2. The van der Waals surface area contributed by atoms with E-state index in [2.05, 4.69) is 9.88 Å². The fourth-order valence-corrected chi connectivity index (χ4v) is 5.74. The quantitative estimate of drug-likeness (QED) is 0.421. The second kappa shape index (κ2) is 10.6. The predicted octanol–water partition coefficient (Wildman–Crippen LogP) is 4.11. The van der Waals surface area contributed by atoms with Crippen LogP contribution in [0.1, 0.15) is 13.8 Å². The Kier molecular flexibility index (Phi) is 8.10. The third-order valence-electron chi connectivity index (χ3n) is 5.16. The summed E-state index contributed by atoms with van der Waals surface area (Å²) in [5.41, 5.74) is 0.604. The number of halogens is 1. The number of amides is 1. The van der Waals surface area contributed by atoms with Crippen molar-refractivity contribution in [2.45, 2.75) is 18.7 Å². The zero-order chi connectivity index (χ0) is 23.3. The SMILES string of the molecule is CCN(CC)CCN(C(=O)CS(=O)(=O)c1ccc(OC)cc1)c1nc2c(Cl)cccc2s1. The van der Waals surface area contributed by atoms with Gasteiger partial charge < -0.3 is 9.64 Å². The molecule has 0 bridgehead atoms. The molecule has 1 amide bonds. The second-order valence-corrected chi connectivity index (χ2v) is 10.5. The standard InChI is InChI=1S/C22H26ClN3O4S2/c1-4-25(5-2)13-14-26(22-24-21-18(23)7-6-8-19(21)31-22)20(27)15-32(28,29)17-11-9-16(30-3)10-12-17/h6-12H,4-5,13-15H2,1-3H3. The van der Waals surface area contributed by atoms with E-state index in [0.717, 1.165) is 17.8 Å². The van der Waals surface area contributed by atoms with E-state index in [1.54, 1.807) is 18.2 Å². The van der Waals surface area contributed by atoms with Gasteiger partial charge in [0.15, 0.2) is 15.0 Å². The predicted molar refractivity (Wildman–Crippen MR) is 130 cm³/mol. The van der Waals surface area contributed by atoms with Crippen LogP contribution >= 0.6 is 22.9 Å². The number of aromatic nitrogens is 1. The lowest BCUT2D eigenvalue weighted by Gasteiger charge is -2.24. The molecule has 0 saturated carbocycles. The molecule has 0 radical (unpaired) electrons. The molecule has 0 aliphatic rings. The summed E-state index contributed by atoms with van der Waals surface area (Å²) in [6.07, 6.45) is 0. The fraction of sp³-hybridized carbons (Fsp3) is 0.364. The minimum atomic E-state index is -3.84. The average Bonchev–Trinajstić information content (AvgIpc) is 3.21. The second-order valence-electron chi connectivity index (χ2n) is 7.09. The molecule has 0 spiro atoms. The smallest absolute Gasteiger partial charge is 0.244 e. The highest BCUT2D eigenvalue weighted by molar-refractivity contribution is 7.92. The zero-order valence-corrected chi connectivity index (χ0v) is 20.6. The minimum Gasteiger partial charge on any atom is -0.497 e. The van der Waals surface area contributed by atoms with Crippen LogP contribution in [-0.2, 0) is 14.6 Å². The van der Waals surface area contributed by atoms with Crippen molar-refractivity contribution in [3.05, 3.63) is 47.5 Å². The van der Waals surface area contributed by atoms with Crippen LogP contribution in [0.2, 0.25) is 5.02 Å². The first-order chi connectivity index (χ1) is 15.3. The molecule has 0 aliphatic heterocycles. The van der Waals surface area contributed by atoms with Gasteiger partial charge >= 0.3 is 0 Å². The number of nitrogens with zero attached hydrogens (tertiary/aromatic N) is 3. The maximum absolute atomic E-state index is 13.2. The molecule has 1 heterocycles. The number of rotatable bonds is 10. The van der Waals surface area contributed by atoms with Crippen LogP contribution in [0, 0.1) is 0 Å². The molecule has 3 rings (SSSR count). The van der Waals surface area contributed by atoms with Gasteiger partial charge in [-0.15, -0.1) is 0 Å². The zero-order valence-electron chi connectivity index (χ0n) is 18.2. The van der Waals surface area contributed by atoms with Crippen molar-refractivity contribution in [3.63, 3.8) is 0 Å². The van der Waals surface area contributed by atoms with Gasteiger partial charge in [-0.1, -0.05) is 42.9 Å². The number of carbonyl (C=O) groups excluding carboxylic acids is 1. The van der Waals surface area contributed by atoms with Gasteiger partial charge in [-0.2, -0.15) is 0 Å². The van der Waals surface area contributed by atoms with Crippen LogP contribution in [0.25, 0.3) is 10.2 Å². The van der Waals surface area contributed by atoms with Crippen molar-refractivity contribution in [2.75, 3.05) is 43.9 Å². The Morgan fingerprint density at radius 1 is 1.09 bits per heavy atom. The Bertz CT molecular complexity index is 1180.